The number of aliphatic carboxylic acids is 1. The summed E-state index contributed by atoms with van der Waals surface area (Å²) < 4.78 is 0. The van der Waals surface area contributed by atoms with Crippen LogP contribution < -0.4 is 5.73 Å². The third-order valence-electron chi connectivity index (χ3n) is 0.871. The van der Waals surface area contributed by atoms with Crippen molar-refractivity contribution in [3.63, 3.8) is 0 Å². The number of nitrogens with zero attached hydrogens (tertiary/aromatic N) is 3. The highest BCUT2D eigenvalue weighted by Crippen LogP contribution is 1.97. The van der Waals surface area contributed by atoms with Gasteiger partial charge in [0, 0.05) is 11.3 Å². The molecule has 60 valence electrons. The summed E-state index contributed by atoms with van der Waals surface area (Å²) in [5.41, 5.74) is 12.5. The SMILES string of the molecule is [N-]=[N+]=N[C@H](CC(N)=O)C(=O)O. The van der Waals surface area contributed by atoms with Crippen LogP contribution in [0, 0.1) is 0 Å². The molecule has 3 N–H and O–H groups in total. The number of carboxylic acid groups (broad SMARTS) is 1. The van der Waals surface area contributed by atoms with E-state index in [0.29, 0.717) is 0 Å². The monoisotopic (exact) mass is 158 g/mol. The zero-order valence-electron chi connectivity index (χ0n) is 5.47. The van der Waals surface area contributed by atoms with E-state index in [9.17, 15) is 9.59 Å². The van der Waals surface area contributed by atoms with Crippen LogP contribution in [0.2, 0.25) is 0 Å². The molecule has 0 aliphatic carbocycles. The van der Waals surface area contributed by atoms with Gasteiger partial charge in [0.05, 0.1) is 0 Å². The molecule has 1 amide bonds. The fourth-order valence-corrected chi connectivity index (χ4v) is 0.430. The lowest BCUT2D eigenvalue weighted by Crippen LogP contribution is -2.25. The Balaban J connectivity index is 4.22. The van der Waals surface area contributed by atoms with Crippen LogP contribution in [0.25, 0.3) is 10.4 Å². The number of nitrogens with two attached hydrogens (primary N) is 1. The number of carboxylic acids is 1. The fourth-order valence-electron chi connectivity index (χ4n) is 0.430. The number of hydrogen-bond acceptors (Lipinski definition) is 3. The van der Waals surface area contributed by atoms with Crippen molar-refractivity contribution in [1.29, 1.82) is 0 Å². The number of carbonyl (C=O) groups excluding carboxylic acids is 1. The van der Waals surface area contributed by atoms with Gasteiger partial charge in [0.25, 0.3) is 0 Å². The molecule has 0 saturated carbocycles. The first-order valence-corrected chi connectivity index (χ1v) is 2.63. The molecule has 0 radical (unpaired) electrons. The average molecular weight is 158 g/mol. The molecule has 7 nitrogen and oxygen atoms in total. The van der Waals surface area contributed by atoms with Crippen molar-refractivity contribution in [1.82, 2.24) is 0 Å². The van der Waals surface area contributed by atoms with Gasteiger partial charge in [-0.25, -0.2) is 0 Å². The van der Waals surface area contributed by atoms with Gasteiger partial charge in [-0.3, -0.25) is 9.59 Å². The molecular formula is C4H6N4O3. The zero-order chi connectivity index (χ0) is 8.85. The van der Waals surface area contributed by atoms with E-state index in [0.717, 1.165) is 0 Å². The van der Waals surface area contributed by atoms with Crippen molar-refractivity contribution in [2.75, 3.05) is 0 Å². The predicted molar refractivity (Wildman–Crippen MR) is 34.4 cm³/mol. The zero-order valence-corrected chi connectivity index (χ0v) is 5.47. The lowest BCUT2D eigenvalue weighted by Gasteiger charge is -1.99. The van der Waals surface area contributed by atoms with Crippen molar-refractivity contribution < 1.29 is 14.7 Å². The van der Waals surface area contributed by atoms with E-state index in [1.54, 1.807) is 0 Å². The van der Waals surface area contributed by atoms with E-state index in [1.807, 2.05) is 0 Å². The highest BCUT2D eigenvalue weighted by atomic mass is 16.4. The number of hydrogen-bond donors (Lipinski definition) is 2. The molecule has 0 aliphatic rings. The second-order valence-corrected chi connectivity index (χ2v) is 1.73. The van der Waals surface area contributed by atoms with E-state index in [1.165, 1.54) is 0 Å². The van der Waals surface area contributed by atoms with E-state index in [2.05, 4.69) is 15.8 Å². The Morgan fingerprint density at radius 3 is 2.55 bits per heavy atom. The Labute approximate surface area is 61.4 Å². The van der Waals surface area contributed by atoms with Gasteiger partial charge in [0.2, 0.25) is 5.91 Å². The van der Waals surface area contributed by atoms with Crippen LogP contribution in [-0.4, -0.2) is 23.0 Å². The summed E-state index contributed by atoms with van der Waals surface area (Å²) in [6, 6.07) is -1.39. The van der Waals surface area contributed by atoms with Crippen molar-refractivity contribution >= 4 is 11.9 Å². The molecule has 0 fully saturated rings. The molecule has 7 heteroatoms. The summed E-state index contributed by atoms with van der Waals surface area (Å²) >= 11 is 0. The number of azide groups is 1. The maximum Gasteiger partial charge on any atom is 0.312 e. The molecule has 0 aromatic heterocycles. The summed E-state index contributed by atoms with van der Waals surface area (Å²) in [6.07, 6.45) is -0.473. The summed E-state index contributed by atoms with van der Waals surface area (Å²) in [4.78, 5) is 22.6. The van der Waals surface area contributed by atoms with Crippen molar-refractivity contribution in [2.45, 2.75) is 12.5 Å². The maximum atomic E-state index is 10.2. The molecule has 0 aliphatic heterocycles. The van der Waals surface area contributed by atoms with Crippen molar-refractivity contribution in [3.8, 4) is 0 Å². The molecule has 0 unspecified atom stereocenters. The van der Waals surface area contributed by atoms with Gasteiger partial charge >= 0.3 is 5.97 Å². The number of amides is 1. The Morgan fingerprint density at radius 1 is 1.73 bits per heavy atom. The largest absolute Gasteiger partial charge is 0.481 e. The standard InChI is InChI=1S/C4H6N4O3/c5-3(9)1-2(4(10)11)7-8-6/h2H,1H2,(H2,5,9)(H,10,11)/t2-/m1/s1. The molecule has 11 heavy (non-hydrogen) atoms. The minimum absolute atomic E-state index is 0.473. The molecule has 0 rings (SSSR count). The van der Waals surface area contributed by atoms with Crippen LogP contribution >= 0.6 is 0 Å². The van der Waals surface area contributed by atoms with Crippen LogP contribution in [0.4, 0.5) is 0 Å². The summed E-state index contributed by atoms with van der Waals surface area (Å²) in [5.74, 6) is -2.17. The van der Waals surface area contributed by atoms with Gasteiger partial charge in [0.15, 0.2) is 0 Å². The Bertz CT molecular complexity index is 217. The van der Waals surface area contributed by atoms with Gasteiger partial charge in [0.1, 0.15) is 6.04 Å². The van der Waals surface area contributed by atoms with E-state index in [4.69, 9.17) is 10.6 Å². The normalized spacial score (nSPS) is 11.3. The molecule has 0 saturated heterocycles. The van der Waals surface area contributed by atoms with Gasteiger partial charge in [-0.2, -0.15) is 0 Å². The smallest absolute Gasteiger partial charge is 0.312 e. The predicted octanol–water partition coefficient (Wildman–Crippen LogP) is -0.375. The van der Waals surface area contributed by atoms with Gasteiger partial charge in [-0.15, -0.1) is 0 Å². The van der Waals surface area contributed by atoms with E-state index >= 15 is 0 Å². The first-order valence-electron chi connectivity index (χ1n) is 2.63. The fraction of sp³-hybridized carbons (Fsp3) is 0.500. The Hall–Kier alpha value is -1.75. The first-order chi connectivity index (χ1) is 5.07. The van der Waals surface area contributed by atoms with Crippen LogP contribution in [0.15, 0.2) is 5.11 Å². The van der Waals surface area contributed by atoms with Crippen LogP contribution in [0.1, 0.15) is 6.42 Å². The van der Waals surface area contributed by atoms with E-state index in [-0.39, 0.29) is 0 Å². The molecular weight excluding hydrogens is 152 g/mol. The summed E-state index contributed by atoms with van der Waals surface area (Å²) in [6.45, 7) is 0. The minimum atomic E-state index is -1.39. The van der Waals surface area contributed by atoms with Gasteiger partial charge in [-0.1, -0.05) is 5.11 Å². The molecule has 1 atom stereocenters. The Morgan fingerprint density at radius 2 is 2.27 bits per heavy atom. The minimum Gasteiger partial charge on any atom is -0.481 e. The lowest BCUT2D eigenvalue weighted by atomic mass is 10.2. The Kier molecular flexibility index (Phi) is 3.47. The lowest BCUT2D eigenvalue weighted by molar-refractivity contribution is -0.140. The molecule has 0 aromatic rings. The van der Waals surface area contributed by atoms with Gasteiger partial charge in [-0.05, 0) is 5.53 Å². The van der Waals surface area contributed by atoms with Crippen molar-refractivity contribution in [3.05, 3.63) is 10.4 Å². The van der Waals surface area contributed by atoms with Crippen LogP contribution in [-0.2, 0) is 9.59 Å². The number of carbonyl (C=O) groups is 2. The second-order valence-electron chi connectivity index (χ2n) is 1.73. The third kappa shape index (κ3) is 3.77. The van der Waals surface area contributed by atoms with Crippen LogP contribution in [0.3, 0.4) is 0 Å². The van der Waals surface area contributed by atoms with E-state index < -0.39 is 24.3 Å². The summed E-state index contributed by atoms with van der Waals surface area (Å²) in [5, 5.41) is 11.1. The second kappa shape index (κ2) is 4.13. The van der Waals surface area contributed by atoms with Gasteiger partial charge < -0.3 is 10.8 Å². The highest BCUT2D eigenvalue weighted by Gasteiger charge is 2.17. The quantitative estimate of drug-likeness (QED) is 0.328. The third-order valence-corrected chi connectivity index (χ3v) is 0.871. The number of rotatable bonds is 4. The first kappa shape index (κ1) is 9.25. The average Bonchev–Trinajstić information content (AvgIpc) is 1.86. The molecule has 0 bridgehead atoms. The topological polar surface area (TPSA) is 129 Å². The molecule has 0 spiro atoms. The van der Waals surface area contributed by atoms with Crippen LogP contribution in [0.5, 0.6) is 0 Å². The highest BCUT2D eigenvalue weighted by molar-refractivity contribution is 5.83. The summed E-state index contributed by atoms with van der Waals surface area (Å²) in [7, 11) is 0. The maximum absolute atomic E-state index is 10.2. The molecule has 0 aromatic carbocycles. The van der Waals surface area contributed by atoms with Crippen molar-refractivity contribution in [2.24, 2.45) is 10.8 Å². The number of primary amides is 1. The molecule has 0 heterocycles.